The van der Waals surface area contributed by atoms with E-state index in [1.165, 1.54) is 80.3 Å². The van der Waals surface area contributed by atoms with Crippen LogP contribution in [-0.2, 0) is 10.8 Å². The number of carbonyl (C=O) groups excluding carboxylic acids is 4. The Morgan fingerprint density at radius 3 is 1.28 bits per heavy atom. The van der Waals surface area contributed by atoms with E-state index in [1.807, 2.05) is 12.1 Å². The molecule has 2 heterocycles. The quantitative estimate of drug-likeness (QED) is 0.112. The highest BCUT2D eigenvalue weighted by Crippen LogP contribution is 2.65. The van der Waals surface area contributed by atoms with Crippen LogP contribution in [0, 0.1) is 47.6 Å². The van der Waals surface area contributed by atoms with Crippen molar-refractivity contribution in [1.29, 1.82) is 10.5 Å². The Labute approximate surface area is 377 Å². The van der Waals surface area contributed by atoms with Gasteiger partial charge in [-0.25, -0.2) is 0 Å². The molecule has 8 nitrogen and oxygen atoms in total. The minimum atomic E-state index is -0.415. The lowest BCUT2D eigenvalue weighted by Crippen LogP contribution is -2.31. The lowest BCUT2D eigenvalue weighted by atomic mass is 9.63. The molecule has 4 aromatic rings. The van der Waals surface area contributed by atoms with Crippen molar-refractivity contribution in [3.05, 3.63) is 170 Å². The Kier molecular flexibility index (Phi) is 8.26. The summed E-state index contributed by atoms with van der Waals surface area (Å²) in [7, 11) is 0. The SMILES string of the molecule is [C-]#[N+]c1cc2c(cc1[N+]#[C-])C(=O)C(=Cc1cc3c(s1)C1=CC4C=C5C(=CC4C=C1C31CCCCC1)c1sc(C=C3C(=O)c4cc(C#N)c(C#N)cc4C3=O)cc1C51CCCCC1)C2=O. The van der Waals surface area contributed by atoms with Gasteiger partial charge in [0, 0.05) is 64.4 Å². The molecule has 2 saturated carbocycles. The van der Waals surface area contributed by atoms with Crippen LogP contribution < -0.4 is 0 Å². The van der Waals surface area contributed by atoms with E-state index in [4.69, 9.17) is 13.1 Å². The molecule has 0 saturated heterocycles. The molecule has 2 atom stereocenters. The molecule has 0 bridgehead atoms. The summed E-state index contributed by atoms with van der Waals surface area (Å²) in [5, 5.41) is 19.2. The molecular formula is C54H34N4O4S2. The molecule has 0 radical (unpaired) electrons. The van der Waals surface area contributed by atoms with Crippen molar-refractivity contribution < 1.29 is 19.2 Å². The Morgan fingerprint density at radius 2 is 0.922 bits per heavy atom. The van der Waals surface area contributed by atoms with Crippen molar-refractivity contribution in [3.8, 4) is 12.1 Å². The van der Waals surface area contributed by atoms with E-state index in [2.05, 4.69) is 46.1 Å². The lowest BCUT2D eigenvalue weighted by Gasteiger charge is -2.40. The van der Waals surface area contributed by atoms with E-state index in [1.54, 1.807) is 34.8 Å². The second-order valence-corrected chi connectivity index (χ2v) is 20.4. The van der Waals surface area contributed by atoms with Crippen LogP contribution in [-0.4, -0.2) is 23.1 Å². The van der Waals surface area contributed by atoms with Crippen LogP contribution >= 0.6 is 22.7 Å². The molecule has 0 N–H and O–H groups in total. The number of allylic oxidation sites excluding steroid dienone is 10. The lowest BCUT2D eigenvalue weighted by molar-refractivity contribution is 0.0975. The molecular weight excluding hydrogens is 833 g/mol. The van der Waals surface area contributed by atoms with Crippen molar-refractivity contribution in [2.24, 2.45) is 11.8 Å². The molecule has 8 aliphatic rings. The van der Waals surface area contributed by atoms with Gasteiger partial charge in [0.25, 0.3) is 0 Å². The van der Waals surface area contributed by atoms with Crippen LogP contribution in [0.4, 0.5) is 11.4 Å². The van der Waals surface area contributed by atoms with E-state index >= 15 is 0 Å². The molecule has 64 heavy (non-hydrogen) atoms. The number of hydrogen-bond acceptors (Lipinski definition) is 8. The van der Waals surface area contributed by atoms with Crippen molar-refractivity contribution >= 4 is 80.5 Å². The third-order valence-electron chi connectivity index (χ3n) is 15.2. The van der Waals surface area contributed by atoms with Crippen molar-refractivity contribution in [2.75, 3.05) is 0 Å². The van der Waals surface area contributed by atoms with Gasteiger partial charge in [-0.3, -0.25) is 28.9 Å². The topological polar surface area (TPSA) is 125 Å². The summed E-state index contributed by atoms with van der Waals surface area (Å²) < 4.78 is 0. The first-order valence-corrected chi connectivity index (χ1v) is 23.5. The minimum absolute atomic E-state index is 0.0671. The molecule has 8 aliphatic carbocycles. The molecule has 2 fully saturated rings. The zero-order valence-electron chi connectivity index (χ0n) is 34.4. The van der Waals surface area contributed by atoms with Gasteiger partial charge in [-0.05, 0) is 95.5 Å². The van der Waals surface area contributed by atoms with Crippen LogP contribution in [0.2, 0.25) is 0 Å². The predicted molar refractivity (Wildman–Crippen MR) is 245 cm³/mol. The van der Waals surface area contributed by atoms with Gasteiger partial charge in [-0.2, -0.15) is 10.5 Å². The number of fused-ring (bicyclic) bond motifs is 13. The first kappa shape index (κ1) is 38.6. The average molecular weight is 867 g/mol. The number of benzene rings is 2. The highest BCUT2D eigenvalue weighted by atomic mass is 32.1. The monoisotopic (exact) mass is 866 g/mol. The van der Waals surface area contributed by atoms with E-state index in [-0.39, 0.29) is 78.6 Å². The predicted octanol–water partition coefficient (Wildman–Crippen LogP) is 12.6. The van der Waals surface area contributed by atoms with Gasteiger partial charge in [0.05, 0.1) is 35.4 Å². The minimum Gasteiger partial charge on any atom is -0.288 e. The van der Waals surface area contributed by atoms with Crippen LogP contribution in [0.25, 0.3) is 33.0 Å². The molecule has 12 rings (SSSR count). The molecule has 0 aliphatic heterocycles. The van der Waals surface area contributed by atoms with Gasteiger partial charge in [0.2, 0.25) is 0 Å². The Bertz CT molecular complexity index is 3040. The highest BCUT2D eigenvalue weighted by Gasteiger charge is 2.52. The second kappa shape index (κ2) is 13.7. The highest BCUT2D eigenvalue weighted by molar-refractivity contribution is 7.15. The van der Waals surface area contributed by atoms with Gasteiger partial charge in [-0.15, -0.1) is 22.7 Å². The van der Waals surface area contributed by atoms with Crippen LogP contribution in [0.3, 0.4) is 0 Å². The summed E-state index contributed by atoms with van der Waals surface area (Å²) in [5.41, 5.74) is 8.76. The van der Waals surface area contributed by atoms with Gasteiger partial charge in [-0.1, -0.05) is 75.0 Å². The zero-order chi connectivity index (χ0) is 43.8. The molecule has 306 valence electrons. The maximum atomic E-state index is 13.7. The fourth-order valence-electron chi connectivity index (χ4n) is 12.3. The van der Waals surface area contributed by atoms with Gasteiger partial charge >= 0.3 is 0 Å². The molecule has 2 aromatic heterocycles. The van der Waals surface area contributed by atoms with Crippen molar-refractivity contribution in [3.63, 3.8) is 0 Å². The summed E-state index contributed by atoms with van der Waals surface area (Å²) in [4.78, 5) is 65.7. The Balaban J connectivity index is 0.925. The third-order valence-corrected chi connectivity index (χ3v) is 17.4. The number of Topliss-reactive ketones (excluding diaryl/α,β-unsaturated/α-hetero) is 4. The van der Waals surface area contributed by atoms with E-state index < -0.39 is 23.1 Å². The first-order valence-electron chi connectivity index (χ1n) is 21.8. The fraction of sp³-hybridized carbons (Fsp3) is 0.259. The Hall–Kier alpha value is -7.08. The molecule has 10 heteroatoms. The largest absolute Gasteiger partial charge is 0.288 e. The standard InChI is InChI=1S/C54H34N4O4S2/c1-57-45-23-35-36(24-46(45)58-2)50(62)40(49(35)61)20-32-22-44-52(64-32)38-14-28-17-41-37(13-27(28)18-42(38)54(44)11-7-4-8-12-54)51-43(53(41)9-5-3-6-10-53)21-31(63-51)19-39-47(59)33-15-29(25-55)30(26-56)16-34(33)48(39)60/h13-24,27-28H,3-12H2. The van der Waals surface area contributed by atoms with Crippen molar-refractivity contribution in [1.82, 2.24) is 0 Å². The number of nitriles is 2. The third kappa shape index (κ3) is 5.10. The second-order valence-electron chi connectivity index (χ2n) is 18.3. The first-order chi connectivity index (χ1) is 31.1. The van der Waals surface area contributed by atoms with Crippen LogP contribution in [0.1, 0.15) is 147 Å². The number of thiophene rings is 2. The fourth-order valence-corrected chi connectivity index (χ4v) is 14.8. The molecule has 2 aromatic carbocycles. The molecule has 0 amide bonds. The van der Waals surface area contributed by atoms with Crippen molar-refractivity contribution in [2.45, 2.75) is 75.0 Å². The zero-order valence-corrected chi connectivity index (χ0v) is 36.0. The van der Waals surface area contributed by atoms with Gasteiger partial charge < -0.3 is 0 Å². The molecule has 2 unspecified atom stereocenters. The maximum absolute atomic E-state index is 13.7. The normalized spacial score (nSPS) is 22.4. The van der Waals surface area contributed by atoms with Gasteiger partial charge in [0.15, 0.2) is 34.5 Å². The average Bonchev–Trinajstić information content (AvgIpc) is 4.14. The molecule has 2 spiro atoms. The number of nitrogens with zero attached hydrogens (tertiary/aromatic N) is 4. The summed E-state index contributed by atoms with van der Waals surface area (Å²) in [6.45, 7) is 15.0. The van der Waals surface area contributed by atoms with E-state index in [0.29, 0.717) is 0 Å². The van der Waals surface area contributed by atoms with Crippen LogP contribution in [0.5, 0.6) is 0 Å². The smallest absolute Gasteiger partial charge is 0.197 e. The van der Waals surface area contributed by atoms with E-state index in [0.717, 1.165) is 61.1 Å². The van der Waals surface area contributed by atoms with E-state index in [9.17, 15) is 29.7 Å². The van der Waals surface area contributed by atoms with Crippen LogP contribution in [0.15, 0.2) is 83.0 Å². The summed E-state index contributed by atoms with van der Waals surface area (Å²) in [5.74, 6) is -1.34. The number of hydrogen-bond donors (Lipinski definition) is 0. The summed E-state index contributed by atoms with van der Waals surface area (Å²) in [6, 6.07) is 13.9. The summed E-state index contributed by atoms with van der Waals surface area (Å²) >= 11 is 3.28. The van der Waals surface area contributed by atoms with Gasteiger partial charge in [0.1, 0.15) is 12.1 Å². The maximum Gasteiger partial charge on any atom is 0.197 e. The Morgan fingerprint density at radius 1 is 0.547 bits per heavy atom. The number of ketones is 4. The number of carbonyl (C=O) groups is 4. The summed E-state index contributed by atoms with van der Waals surface area (Å²) in [6.07, 6.45) is 24.4. The number of rotatable bonds is 2.